The van der Waals surface area contributed by atoms with Crippen LogP contribution in [0, 0.1) is 5.92 Å². The van der Waals surface area contributed by atoms with E-state index in [1.165, 1.54) is 12.8 Å². The maximum atomic E-state index is 5.84. The van der Waals surface area contributed by atoms with Crippen molar-refractivity contribution in [2.45, 2.75) is 58.2 Å². The minimum absolute atomic E-state index is 0.446. The van der Waals surface area contributed by atoms with Crippen molar-refractivity contribution in [2.75, 3.05) is 0 Å². The van der Waals surface area contributed by atoms with Gasteiger partial charge in [-0.1, -0.05) is 13.8 Å². The van der Waals surface area contributed by atoms with Gasteiger partial charge in [0.15, 0.2) is 0 Å². The molecule has 0 spiro atoms. The highest BCUT2D eigenvalue weighted by Crippen LogP contribution is 2.18. The number of nitrogens with one attached hydrogen (secondary N) is 1. The smallest absolute Gasteiger partial charge is 0.00849 e. The van der Waals surface area contributed by atoms with E-state index in [-0.39, 0.29) is 0 Å². The normalized spacial score (nSPS) is 32.8. The molecule has 1 rings (SSSR count). The topological polar surface area (TPSA) is 38.0 Å². The van der Waals surface area contributed by atoms with Gasteiger partial charge < -0.3 is 11.1 Å². The van der Waals surface area contributed by atoms with Crippen molar-refractivity contribution in [2.24, 2.45) is 11.7 Å². The largest absolute Gasteiger partial charge is 0.328 e. The van der Waals surface area contributed by atoms with Crippen LogP contribution >= 0.6 is 0 Å². The van der Waals surface area contributed by atoms with Gasteiger partial charge in [0.1, 0.15) is 0 Å². The summed E-state index contributed by atoms with van der Waals surface area (Å²) in [5.41, 5.74) is 5.84. The van der Waals surface area contributed by atoms with Crippen molar-refractivity contribution < 1.29 is 0 Å². The Labute approximate surface area is 75.9 Å². The third kappa shape index (κ3) is 2.76. The van der Waals surface area contributed by atoms with Crippen LogP contribution in [0.2, 0.25) is 0 Å². The van der Waals surface area contributed by atoms with Crippen molar-refractivity contribution in [1.29, 1.82) is 0 Å². The Bertz CT molecular complexity index is 134. The number of hydrogen-bond acceptors (Lipinski definition) is 2. The summed E-state index contributed by atoms with van der Waals surface area (Å²) >= 11 is 0. The second kappa shape index (κ2) is 4.24. The first-order chi connectivity index (χ1) is 5.59. The Kier molecular flexibility index (Phi) is 3.53. The van der Waals surface area contributed by atoms with Crippen molar-refractivity contribution in [3.63, 3.8) is 0 Å². The van der Waals surface area contributed by atoms with Gasteiger partial charge in [0, 0.05) is 18.1 Å². The van der Waals surface area contributed by atoms with Gasteiger partial charge in [0.2, 0.25) is 0 Å². The van der Waals surface area contributed by atoms with Crippen molar-refractivity contribution in [1.82, 2.24) is 5.32 Å². The molecule has 0 heterocycles. The van der Waals surface area contributed by atoms with Crippen LogP contribution in [0.4, 0.5) is 0 Å². The molecule has 1 fully saturated rings. The average Bonchev–Trinajstić information content (AvgIpc) is 2.35. The van der Waals surface area contributed by atoms with Gasteiger partial charge in [-0.3, -0.25) is 0 Å². The molecule has 2 heteroatoms. The molecule has 3 N–H and O–H groups in total. The monoisotopic (exact) mass is 170 g/mol. The molecule has 12 heavy (non-hydrogen) atoms. The van der Waals surface area contributed by atoms with E-state index < -0.39 is 0 Å². The van der Waals surface area contributed by atoms with E-state index in [1.54, 1.807) is 0 Å². The fraction of sp³-hybridized carbons (Fsp3) is 1.00. The van der Waals surface area contributed by atoms with Crippen LogP contribution in [0.3, 0.4) is 0 Å². The summed E-state index contributed by atoms with van der Waals surface area (Å²) in [5.74, 6) is 0.724. The Balaban J connectivity index is 2.23. The molecule has 2 nitrogen and oxygen atoms in total. The summed E-state index contributed by atoms with van der Waals surface area (Å²) < 4.78 is 0. The van der Waals surface area contributed by atoms with Gasteiger partial charge in [0.05, 0.1) is 0 Å². The Morgan fingerprint density at radius 1 is 1.25 bits per heavy atom. The molecule has 0 aromatic rings. The van der Waals surface area contributed by atoms with Gasteiger partial charge in [-0.25, -0.2) is 0 Å². The standard InChI is InChI=1S/C10H22N2/c1-7(2)8(3)12-10-5-4-9(11)6-10/h7-10,12H,4-6,11H2,1-3H3. The Morgan fingerprint density at radius 3 is 2.33 bits per heavy atom. The molecule has 0 radical (unpaired) electrons. The van der Waals surface area contributed by atoms with Gasteiger partial charge in [-0.05, 0) is 32.1 Å². The number of rotatable bonds is 3. The van der Waals surface area contributed by atoms with Gasteiger partial charge >= 0.3 is 0 Å². The fourth-order valence-electron chi connectivity index (χ4n) is 1.73. The molecule has 0 aliphatic heterocycles. The van der Waals surface area contributed by atoms with Gasteiger partial charge in [0.25, 0.3) is 0 Å². The molecule has 72 valence electrons. The Hall–Kier alpha value is -0.0800. The second-order valence-corrected chi connectivity index (χ2v) is 4.47. The lowest BCUT2D eigenvalue weighted by atomic mass is 10.1. The summed E-state index contributed by atoms with van der Waals surface area (Å²) in [6, 6.07) is 1.75. The molecule has 1 saturated carbocycles. The lowest BCUT2D eigenvalue weighted by Gasteiger charge is -2.22. The van der Waals surface area contributed by atoms with Crippen LogP contribution in [0.25, 0.3) is 0 Å². The molecule has 0 bridgehead atoms. The second-order valence-electron chi connectivity index (χ2n) is 4.47. The van der Waals surface area contributed by atoms with Crippen LogP contribution in [0.5, 0.6) is 0 Å². The van der Waals surface area contributed by atoms with Crippen molar-refractivity contribution in [3.05, 3.63) is 0 Å². The molecule has 0 aromatic heterocycles. The minimum Gasteiger partial charge on any atom is -0.328 e. The lowest BCUT2D eigenvalue weighted by molar-refractivity contribution is 0.372. The molecular weight excluding hydrogens is 148 g/mol. The lowest BCUT2D eigenvalue weighted by Crippen LogP contribution is -2.38. The number of nitrogens with two attached hydrogens (primary N) is 1. The van der Waals surface area contributed by atoms with E-state index >= 15 is 0 Å². The summed E-state index contributed by atoms with van der Waals surface area (Å²) in [6.07, 6.45) is 3.62. The highest BCUT2D eigenvalue weighted by Gasteiger charge is 2.23. The van der Waals surface area contributed by atoms with Crippen LogP contribution < -0.4 is 11.1 Å². The fourth-order valence-corrected chi connectivity index (χ4v) is 1.73. The third-order valence-corrected chi connectivity index (χ3v) is 2.97. The summed E-state index contributed by atoms with van der Waals surface area (Å²) in [7, 11) is 0. The van der Waals surface area contributed by atoms with Gasteiger partial charge in [-0.15, -0.1) is 0 Å². The van der Waals surface area contributed by atoms with Crippen LogP contribution in [-0.2, 0) is 0 Å². The highest BCUT2D eigenvalue weighted by atomic mass is 15.0. The molecule has 0 amide bonds. The average molecular weight is 170 g/mol. The first kappa shape index (κ1) is 10.0. The zero-order valence-corrected chi connectivity index (χ0v) is 8.51. The zero-order chi connectivity index (χ0) is 9.14. The van der Waals surface area contributed by atoms with E-state index in [2.05, 4.69) is 26.1 Å². The molecule has 1 aliphatic carbocycles. The highest BCUT2D eigenvalue weighted by molar-refractivity contribution is 4.84. The van der Waals surface area contributed by atoms with E-state index in [0.717, 1.165) is 12.3 Å². The molecule has 1 aliphatic rings. The van der Waals surface area contributed by atoms with Crippen molar-refractivity contribution >= 4 is 0 Å². The van der Waals surface area contributed by atoms with Crippen LogP contribution in [0.1, 0.15) is 40.0 Å². The number of hydrogen-bond donors (Lipinski definition) is 2. The minimum atomic E-state index is 0.446. The quantitative estimate of drug-likeness (QED) is 0.673. The summed E-state index contributed by atoms with van der Waals surface area (Å²) in [4.78, 5) is 0. The van der Waals surface area contributed by atoms with E-state index in [9.17, 15) is 0 Å². The van der Waals surface area contributed by atoms with Crippen LogP contribution in [0.15, 0.2) is 0 Å². The van der Waals surface area contributed by atoms with E-state index in [1.807, 2.05) is 0 Å². The summed E-state index contributed by atoms with van der Waals surface area (Å²) in [5, 5.41) is 3.63. The maximum Gasteiger partial charge on any atom is 0.00849 e. The molecular formula is C10H22N2. The third-order valence-electron chi connectivity index (χ3n) is 2.97. The van der Waals surface area contributed by atoms with Crippen LogP contribution in [-0.4, -0.2) is 18.1 Å². The molecule has 3 atom stereocenters. The Morgan fingerprint density at radius 2 is 1.92 bits per heavy atom. The molecule has 0 saturated heterocycles. The zero-order valence-electron chi connectivity index (χ0n) is 8.51. The van der Waals surface area contributed by atoms with E-state index in [4.69, 9.17) is 5.73 Å². The maximum absolute atomic E-state index is 5.84. The van der Waals surface area contributed by atoms with Crippen molar-refractivity contribution in [3.8, 4) is 0 Å². The first-order valence-corrected chi connectivity index (χ1v) is 5.11. The first-order valence-electron chi connectivity index (χ1n) is 5.11. The SMILES string of the molecule is CC(C)C(C)NC1CCC(N)C1. The molecule has 3 unspecified atom stereocenters. The van der Waals surface area contributed by atoms with Gasteiger partial charge in [-0.2, -0.15) is 0 Å². The predicted octanol–water partition coefficient (Wildman–Crippen LogP) is 1.50. The predicted molar refractivity (Wildman–Crippen MR) is 53.1 cm³/mol. The summed E-state index contributed by atoms with van der Waals surface area (Å²) in [6.45, 7) is 6.77. The van der Waals surface area contributed by atoms with E-state index in [0.29, 0.717) is 18.1 Å². The molecule has 0 aromatic carbocycles.